The van der Waals surface area contributed by atoms with Gasteiger partial charge in [-0.25, -0.2) is 4.98 Å². The number of pyridine rings is 1. The molecule has 2 N–H and O–H groups in total. The monoisotopic (exact) mass is 498 g/mol. The minimum absolute atomic E-state index is 0.0348. The Morgan fingerprint density at radius 3 is 2.31 bits per heavy atom. The molecule has 1 aliphatic heterocycles. The molecular weight excluding hydrogens is 476 g/mol. The molecule has 1 aromatic heterocycles. The highest BCUT2D eigenvalue weighted by atomic mass is 32.2. The van der Waals surface area contributed by atoms with E-state index in [2.05, 4.69) is 11.1 Å². The summed E-state index contributed by atoms with van der Waals surface area (Å²) in [6.45, 7) is 1.30. The van der Waals surface area contributed by atoms with Crippen molar-refractivity contribution in [3.05, 3.63) is 81.4 Å². The predicted octanol–water partition coefficient (Wildman–Crippen LogP) is 4.83. The number of nitrogen functional groups attached to an aromatic ring is 1. The minimum atomic E-state index is -0.713. The van der Waals surface area contributed by atoms with Crippen molar-refractivity contribution in [2.24, 2.45) is 0 Å². The molecular formula is C26H22N6O3S. The van der Waals surface area contributed by atoms with E-state index in [-0.39, 0.29) is 44.7 Å². The molecule has 1 unspecified atom stereocenters. The number of nitriles is 2. The zero-order chi connectivity index (χ0) is 25.7. The number of carbonyl (C=O) groups excluding carboxylic acids is 1. The van der Waals surface area contributed by atoms with Crippen molar-refractivity contribution in [1.82, 2.24) is 9.88 Å². The maximum absolute atomic E-state index is 13.6. The van der Waals surface area contributed by atoms with Gasteiger partial charge in [0.25, 0.3) is 5.69 Å². The molecule has 0 bridgehead atoms. The normalized spacial score (nSPS) is 13.9. The second-order valence-electron chi connectivity index (χ2n) is 8.22. The highest BCUT2D eigenvalue weighted by molar-refractivity contribution is 8.00. The lowest BCUT2D eigenvalue weighted by molar-refractivity contribution is -0.384. The number of amides is 1. The van der Waals surface area contributed by atoms with E-state index < -0.39 is 10.2 Å². The van der Waals surface area contributed by atoms with Crippen LogP contribution in [-0.2, 0) is 4.79 Å². The van der Waals surface area contributed by atoms with Gasteiger partial charge in [0.2, 0.25) is 5.91 Å². The summed E-state index contributed by atoms with van der Waals surface area (Å²) in [6.07, 6.45) is 2.91. The van der Waals surface area contributed by atoms with Crippen LogP contribution in [0.2, 0.25) is 0 Å². The molecule has 180 valence electrons. The second-order valence-corrected chi connectivity index (χ2v) is 9.31. The zero-order valence-electron chi connectivity index (χ0n) is 19.3. The molecule has 1 fully saturated rings. The number of anilines is 1. The first-order chi connectivity index (χ1) is 17.5. The lowest BCUT2D eigenvalue weighted by atomic mass is 9.95. The fourth-order valence-electron chi connectivity index (χ4n) is 4.28. The molecule has 0 spiro atoms. The number of hydrogen-bond acceptors (Lipinski definition) is 8. The molecule has 1 atom stereocenters. The summed E-state index contributed by atoms with van der Waals surface area (Å²) in [6, 6.07) is 19.0. The number of rotatable bonds is 6. The SMILES string of the molecule is N#Cc1c(N)nc(SC(C(=O)N2CCCCC2)c2ccccc2)c(C#N)c1-c1ccccc1[N+](=O)[O-]. The van der Waals surface area contributed by atoms with Gasteiger partial charge in [0.1, 0.15) is 33.8 Å². The van der Waals surface area contributed by atoms with Crippen molar-refractivity contribution in [3.63, 3.8) is 0 Å². The van der Waals surface area contributed by atoms with Gasteiger partial charge in [-0.3, -0.25) is 14.9 Å². The van der Waals surface area contributed by atoms with E-state index in [9.17, 15) is 25.4 Å². The molecule has 36 heavy (non-hydrogen) atoms. The van der Waals surface area contributed by atoms with Gasteiger partial charge in [-0.15, -0.1) is 0 Å². The number of nitrogens with two attached hydrogens (primary N) is 1. The number of benzene rings is 2. The van der Waals surface area contributed by atoms with Crippen molar-refractivity contribution < 1.29 is 9.72 Å². The van der Waals surface area contributed by atoms with Gasteiger partial charge in [-0.2, -0.15) is 10.5 Å². The predicted molar refractivity (Wildman–Crippen MR) is 136 cm³/mol. The van der Waals surface area contributed by atoms with E-state index in [1.54, 1.807) is 6.07 Å². The van der Waals surface area contributed by atoms with E-state index in [1.807, 2.05) is 41.3 Å². The molecule has 10 heteroatoms. The number of hydrogen-bond donors (Lipinski definition) is 1. The number of nitro groups is 1. The van der Waals surface area contributed by atoms with Crippen molar-refractivity contribution in [2.45, 2.75) is 29.5 Å². The maximum Gasteiger partial charge on any atom is 0.277 e. The van der Waals surface area contributed by atoms with Gasteiger partial charge in [0.05, 0.1) is 16.1 Å². The van der Waals surface area contributed by atoms with Crippen LogP contribution in [0, 0.1) is 32.8 Å². The Morgan fingerprint density at radius 1 is 1.03 bits per heavy atom. The van der Waals surface area contributed by atoms with Crippen LogP contribution in [0.4, 0.5) is 11.5 Å². The van der Waals surface area contributed by atoms with E-state index >= 15 is 0 Å². The van der Waals surface area contributed by atoms with Crippen LogP contribution in [-0.4, -0.2) is 33.8 Å². The maximum atomic E-state index is 13.6. The van der Waals surface area contributed by atoms with Crippen molar-refractivity contribution in [3.8, 4) is 23.3 Å². The Labute approximate surface area is 212 Å². The van der Waals surface area contributed by atoms with Crippen LogP contribution in [0.3, 0.4) is 0 Å². The zero-order valence-corrected chi connectivity index (χ0v) is 20.1. The molecule has 0 saturated carbocycles. The number of thioether (sulfide) groups is 1. The summed E-state index contributed by atoms with van der Waals surface area (Å²) in [5.74, 6) is -0.267. The molecule has 2 aromatic carbocycles. The molecule has 1 aliphatic rings. The number of nitrogens with zero attached hydrogens (tertiary/aromatic N) is 5. The van der Waals surface area contributed by atoms with Crippen molar-refractivity contribution in [1.29, 1.82) is 10.5 Å². The highest BCUT2D eigenvalue weighted by Crippen LogP contribution is 2.44. The lowest BCUT2D eigenvalue weighted by Crippen LogP contribution is -2.38. The van der Waals surface area contributed by atoms with Gasteiger partial charge in [0, 0.05) is 24.7 Å². The molecule has 0 aliphatic carbocycles. The van der Waals surface area contributed by atoms with Gasteiger partial charge < -0.3 is 10.6 Å². The van der Waals surface area contributed by atoms with E-state index in [0.717, 1.165) is 36.6 Å². The molecule has 2 heterocycles. The Hall–Kier alpha value is -4.41. The van der Waals surface area contributed by atoms with Crippen LogP contribution in [0.5, 0.6) is 0 Å². The third-order valence-electron chi connectivity index (χ3n) is 6.01. The summed E-state index contributed by atoms with van der Waals surface area (Å²) in [7, 11) is 0. The minimum Gasteiger partial charge on any atom is -0.383 e. The Balaban J connectivity index is 1.89. The fraction of sp³-hybridized carbons (Fsp3) is 0.231. The Morgan fingerprint density at radius 2 is 1.67 bits per heavy atom. The Bertz CT molecular complexity index is 1390. The van der Waals surface area contributed by atoms with E-state index in [4.69, 9.17) is 5.73 Å². The summed E-state index contributed by atoms with van der Waals surface area (Å²) >= 11 is 1.07. The number of likely N-dealkylation sites (tertiary alicyclic amines) is 1. The molecule has 1 saturated heterocycles. The second kappa shape index (κ2) is 10.9. The summed E-state index contributed by atoms with van der Waals surface area (Å²) in [5.41, 5.74) is 6.57. The molecule has 1 amide bonds. The molecule has 4 rings (SSSR count). The number of piperidine rings is 1. The largest absolute Gasteiger partial charge is 0.383 e. The van der Waals surface area contributed by atoms with Crippen LogP contribution in [0.15, 0.2) is 59.6 Å². The third-order valence-corrected chi connectivity index (χ3v) is 7.24. The molecule has 3 aromatic rings. The van der Waals surface area contributed by atoms with E-state index in [1.165, 1.54) is 18.2 Å². The molecule has 9 nitrogen and oxygen atoms in total. The van der Waals surface area contributed by atoms with Gasteiger partial charge in [0.15, 0.2) is 0 Å². The highest BCUT2D eigenvalue weighted by Gasteiger charge is 2.32. The van der Waals surface area contributed by atoms with Crippen molar-refractivity contribution in [2.75, 3.05) is 18.8 Å². The van der Waals surface area contributed by atoms with E-state index in [0.29, 0.717) is 13.1 Å². The smallest absolute Gasteiger partial charge is 0.277 e. The summed E-state index contributed by atoms with van der Waals surface area (Å²) < 4.78 is 0. The van der Waals surface area contributed by atoms with Gasteiger partial charge in [-0.05, 0) is 30.9 Å². The van der Waals surface area contributed by atoms with Crippen LogP contribution < -0.4 is 5.73 Å². The third kappa shape index (κ3) is 4.85. The van der Waals surface area contributed by atoms with Crippen LogP contribution >= 0.6 is 11.8 Å². The average molecular weight is 499 g/mol. The number of aromatic nitrogens is 1. The first-order valence-electron chi connectivity index (χ1n) is 11.3. The summed E-state index contributed by atoms with van der Waals surface area (Å²) in [4.78, 5) is 30.9. The number of para-hydroxylation sites is 1. The summed E-state index contributed by atoms with van der Waals surface area (Å²) in [5, 5.41) is 31.1. The first-order valence-corrected chi connectivity index (χ1v) is 12.2. The first kappa shape index (κ1) is 24.7. The van der Waals surface area contributed by atoms with Gasteiger partial charge in [-0.1, -0.05) is 54.2 Å². The molecule has 0 radical (unpaired) electrons. The lowest BCUT2D eigenvalue weighted by Gasteiger charge is -2.30. The quantitative estimate of drug-likeness (QED) is 0.288. The number of nitro benzene ring substituents is 1. The van der Waals surface area contributed by atoms with Crippen LogP contribution in [0.1, 0.15) is 41.2 Å². The average Bonchev–Trinajstić information content (AvgIpc) is 2.91. The van der Waals surface area contributed by atoms with Gasteiger partial charge >= 0.3 is 0 Å². The van der Waals surface area contributed by atoms with Crippen molar-refractivity contribution >= 4 is 29.2 Å². The number of carbonyl (C=O) groups is 1. The fourth-order valence-corrected chi connectivity index (χ4v) is 5.46. The topological polar surface area (TPSA) is 150 Å². The Kier molecular flexibility index (Phi) is 7.47. The van der Waals surface area contributed by atoms with Crippen LogP contribution in [0.25, 0.3) is 11.1 Å². The standard InChI is InChI=1S/C26H22N6O3S/c27-15-19-22(18-11-5-6-12-21(18)32(34)35)20(16-28)25(30-24(19)29)36-23(17-9-3-1-4-10-17)26(33)31-13-7-2-8-14-31/h1,3-6,9-12,23H,2,7-8,13-14H2,(H2,29,30).